The molecule has 1 saturated heterocycles. The number of ether oxygens (including phenoxy) is 1. The van der Waals surface area contributed by atoms with Crippen LogP contribution in [-0.2, 0) is 21.3 Å². The van der Waals surface area contributed by atoms with E-state index in [1.807, 2.05) is 0 Å². The Morgan fingerprint density at radius 1 is 1.24 bits per heavy atom. The molecule has 0 saturated carbocycles. The van der Waals surface area contributed by atoms with Crippen molar-refractivity contribution in [2.24, 2.45) is 0 Å². The maximum Gasteiger partial charge on any atom is 0.244 e. The van der Waals surface area contributed by atoms with Gasteiger partial charge in [0.2, 0.25) is 10.0 Å². The second kappa shape index (κ2) is 7.47. The van der Waals surface area contributed by atoms with Crippen LogP contribution in [0.25, 0.3) is 0 Å². The van der Waals surface area contributed by atoms with Gasteiger partial charge in [-0.1, -0.05) is 12.1 Å². The molecule has 0 atom stereocenters. The zero-order chi connectivity index (χ0) is 17.9. The predicted molar refractivity (Wildman–Crippen MR) is 92.3 cm³/mol. The number of aromatic nitrogens is 1. The molecule has 1 aromatic carbocycles. The van der Waals surface area contributed by atoms with E-state index >= 15 is 0 Å². The highest BCUT2D eigenvalue weighted by atomic mass is 32.2. The smallest absolute Gasteiger partial charge is 0.244 e. The van der Waals surface area contributed by atoms with Crippen molar-refractivity contribution in [3.05, 3.63) is 53.5 Å². The first-order chi connectivity index (χ1) is 12.0. The third-order valence-electron chi connectivity index (χ3n) is 4.04. The van der Waals surface area contributed by atoms with E-state index in [-0.39, 0.29) is 10.7 Å². The van der Waals surface area contributed by atoms with E-state index in [4.69, 9.17) is 4.74 Å². The highest BCUT2D eigenvalue weighted by Gasteiger charge is 2.26. The number of aryl methyl sites for hydroxylation is 1. The topological polar surface area (TPSA) is 71.5 Å². The van der Waals surface area contributed by atoms with E-state index in [0.717, 1.165) is 5.56 Å². The van der Waals surface area contributed by atoms with Crippen molar-refractivity contribution < 1.29 is 17.5 Å². The number of pyridine rings is 1. The molecule has 0 amide bonds. The van der Waals surface area contributed by atoms with Crippen LogP contribution < -0.4 is 5.32 Å². The lowest BCUT2D eigenvalue weighted by Crippen LogP contribution is -2.40. The fraction of sp³-hybridized carbons (Fsp3) is 0.353. The summed E-state index contributed by atoms with van der Waals surface area (Å²) in [6.45, 7) is 3.71. The summed E-state index contributed by atoms with van der Waals surface area (Å²) < 4.78 is 44.9. The number of nitrogens with zero attached hydrogens (tertiary/aromatic N) is 2. The quantitative estimate of drug-likeness (QED) is 0.879. The van der Waals surface area contributed by atoms with Crippen LogP contribution >= 0.6 is 0 Å². The zero-order valence-corrected chi connectivity index (χ0v) is 14.7. The summed E-state index contributed by atoms with van der Waals surface area (Å²) in [4.78, 5) is 4.34. The van der Waals surface area contributed by atoms with Gasteiger partial charge < -0.3 is 10.1 Å². The summed E-state index contributed by atoms with van der Waals surface area (Å²) in [6.07, 6.45) is 1.35. The summed E-state index contributed by atoms with van der Waals surface area (Å²) in [7, 11) is -3.53. The van der Waals surface area contributed by atoms with E-state index in [1.165, 1.54) is 22.6 Å². The lowest BCUT2D eigenvalue weighted by molar-refractivity contribution is 0.0730. The van der Waals surface area contributed by atoms with Gasteiger partial charge in [-0.3, -0.25) is 0 Å². The van der Waals surface area contributed by atoms with Gasteiger partial charge in [-0.2, -0.15) is 4.31 Å². The molecule has 3 rings (SSSR count). The molecule has 134 valence electrons. The molecule has 1 aromatic heterocycles. The fourth-order valence-electron chi connectivity index (χ4n) is 2.58. The van der Waals surface area contributed by atoms with Crippen molar-refractivity contribution in [2.45, 2.75) is 18.4 Å². The molecule has 1 N–H and O–H groups in total. The zero-order valence-electron chi connectivity index (χ0n) is 13.9. The fourth-order valence-corrected chi connectivity index (χ4v) is 3.94. The minimum Gasteiger partial charge on any atom is -0.379 e. The largest absolute Gasteiger partial charge is 0.379 e. The molecule has 2 aromatic rings. The Morgan fingerprint density at radius 3 is 2.64 bits per heavy atom. The number of sulfonamides is 1. The van der Waals surface area contributed by atoms with Crippen molar-refractivity contribution >= 4 is 15.8 Å². The first kappa shape index (κ1) is 17.8. The van der Waals surface area contributed by atoms with Crippen molar-refractivity contribution in [3.8, 4) is 0 Å². The van der Waals surface area contributed by atoms with Gasteiger partial charge >= 0.3 is 0 Å². The lowest BCUT2D eigenvalue weighted by atomic mass is 10.1. The normalized spacial score (nSPS) is 15.9. The molecule has 25 heavy (non-hydrogen) atoms. The van der Waals surface area contributed by atoms with Gasteiger partial charge in [0.15, 0.2) is 0 Å². The Balaban J connectivity index is 1.66. The summed E-state index contributed by atoms with van der Waals surface area (Å²) in [6, 6.07) is 8.06. The number of rotatable bonds is 5. The molecule has 2 heterocycles. The van der Waals surface area contributed by atoms with E-state index in [9.17, 15) is 12.8 Å². The molecule has 0 spiro atoms. The molecule has 0 radical (unpaired) electrons. The summed E-state index contributed by atoms with van der Waals surface area (Å²) in [5.41, 5.74) is 1.50. The standard InChI is InChI=1S/C17H20FN3O3S/c1-13-10-14(2-4-16(13)18)11-19-17-5-3-15(12-20-17)25(22,23)21-6-8-24-9-7-21/h2-5,10,12H,6-9,11H2,1H3,(H,19,20). The van der Waals surface area contributed by atoms with Crippen LogP contribution in [0.2, 0.25) is 0 Å². The van der Waals surface area contributed by atoms with E-state index in [0.29, 0.717) is 44.2 Å². The second-order valence-electron chi connectivity index (χ2n) is 5.83. The Kier molecular flexibility index (Phi) is 5.31. The molecule has 1 aliphatic rings. The summed E-state index contributed by atoms with van der Waals surface area (Å²) in [5, 5.41) is 3.10. The summed E-state index contributed by atoms with van der Waals surface area (Å²) >= 11 is 0. The highest BCUT2D eigenvalue weighted by Crippen LogP contribution is 2.18. The minimum atomic E-state index is -3.53. The van der Waals surface area contributed by atoms with Crippen molar-refractivity contribution in [1.82, 2.24) is 9.29 Å². The van der Waals surface area contributed by atoms with Gasteiger partial charge in [-0.25, -0.2) is 17.8 Å². The van der Waals surface area contributed by atoms with E-state index in [1.54, 1.807) is 25.1 Å². The third-order valence-corrected chi connectivity index (χ3v) is 5.92. The molecule has 0 bridgehead atoms. The van der Waals surface area contributed by atoms with Gasteiger partial charge in [0.05, 0.1) is 13.2 Å². The lowest BCUT2D eigenvalue weighted by Gasteiger charge is -2.25. The monoisotopic (exact) mass is 365 g/mol. The number of hydrogen-bond acceptors (Lipinski definition) is 5. The average molecular weight is 365 g/mol. The van der Waals surface area contributed by atoms with E-state index in [2.05, 4.69) is 10.3 Å². The van der Waals surface area contributed by atoms with Crippen LogP contribution in [0.1, 0.15) is 11.1 Å². The predicted octanol–water partition coefficient (Wildman–Crippen LogP) is 2.16. The highest BCUT2D eigenvalue weighted by molar-refractivity contribution is 7.89. The number of anilines is 1. The van der Waals surface area contributed by atoms with Crippen molar-refractivity contribution in [1.29, 1.82) is 0 Å². The minimum absolute atomic E-state index is 0.164. The number of halogens is 1. The van der Waals surface area contributed by atoms with Gasteiger partial charge in [-0.15, -0.1) is 0 Å². The van der Waals surface area contributed by atoms with Crippen LogP contribution in [0.4, 0.5) is 10.2 Å². The number of morpholine rings is 1. The molecule has 8 heteroatoms. The first-order valence-corrected chi connectivity index (χ1v) is 9.44. The number of hydrogen-bond donors (Lipinski definition) is 1. The number of nitrogens with one attached hydrogen (secondary N) is 1. The Morgan fingerprint density at radius 2 is 2.00 bits per heavy atom. The van der Waals surface area contributed by atoms with Crippen LogP contribution in [0.3, 0.4) is 0 Å². The van der Waals surface area contributed by atoms with Gasteiger partial charge in [0.1, 0.15) is 16.5 Å². The van der Waals surface area contributed by atoms with Crippen LogP contribution in [0.5, 0.6) is 0 Å². The van der Waals surface area contributed by atoms with Crippen LogP contribution in [-0.4, -0.2) is 44.0 Å². The second-order valence-corrected chi connectivity index (χ2v) is 7.77. The molecule has 1 fully saturated rings. The van der Waals surface area contributed by atoms with Crippen molar-refractivity contribution in [3.63, 3.8) is 0 Å². The maximum absolute atomic E-state index is 13.3. The molecule has 0 unspecified atom stereocenters. The molecule has 0 aliphatic carbocycles. The number of benzene rings is 1. The molecule has 1 aliphatic heterocycles. The Bertz CT molecular complexity index is 835. The van der Waals surface area contributed by atoms with Gasteiger partial charge in [0, 0.05) is 25.8 Å². The Labute approximate surface area is 146 Å². The van der Waals surface area contributed by atoms with Crippen LogP contribution in [0, 0.1) is 12.7 Å². The van der Waals surface area contributed by atoms with E-state index < -0.39 is 10.0 Å². The average Bonchev–Trinajstić information content (AvgIpc) is 2.64. The molecule has 6 nitrogen and oxygen atoms in total. The molecular formula is C17H20FN3O3S. The third kappa shape index (κ3) is 4.15. The molecular weight excluding hydrogens is 345 g/mol. The van der Waals surface area contributed by atoms with Gasteiger partial charge in [-0.05, 0) is 36.2 Å². The SMILES string of the molecule is Cc1cc(CNc2ccc(S(=O)(=O)N3CCOCC3)cn2)ccc1F. The Hall–Kier alpha value is -2.03. The summed E-state index contributed by atoms with van der Waals surface area (Å²) in [5.74, 6) is 0.322. The van der Waals surface area contributed by atoms with Gasteiger partial charge in [0.25, 0.3) is 0 Å². The first-order valence-electron chi connectivity index (χ1n) is 8.00. The maximum atomic E-state index is 13.3. The van der Waals surface area contributed by atoms with Crippen LogP contribution in [0.15, 0.2) is 41.4 Å². The van der Waals surface area contributed by atoms with Crippen molar-refractivity contribution in [2.75, 3.05) is 31.6 Å².